The van der Waals surface area contributed by atoms with Crippen molar-refractivity contribution in [3.8, 4) is 10.4 Å². The quantitative estimate of drug-likeness (QED) is 0.386. The van der Waals surface area contributed by atoms with E-state index in [1.54, 1.807) is 30.3 Å². The van der Waals surface area contributed by atoms with Gasteiger partial charge in [-0.3, -0.25) is 0 Å². The van der Waals surface area contributed by atoms with E-state index in [9.17, 15) is 14.4 Å². The Labute approximate surface area is 135 Å². The van der Waals surface area contributed by atoms with Gasteiger partial charge in [0.15, 0.2) is 0 Å². The molecule has 9 heteroatoms. The fourth-order valence-electron chi connectivity index (χ4n) is 1.75. The maximum absolute atomic E-state index is 11.9. The zero-order valence-electron chi connectivity index (χ0n) is 12.1. The lowest BCUT2D eigenvalue weighted by molar-refractivity contribution is 0.0644. The molecule has 0 saturated carbocycles. The summed E-state index contributed by atoms with van der Waals surface area (Å²) in [6, 6.07) is 8.05. The van der Waals surface area contributed by atoms with E-state index in [-0.39, 0.29) is 10.6 Å². The van der Waals surface area contributed by atoms with E-state index >= 15 is 0 Å². The van der Waals surface area contributed by atoms with E-state index < -0.39 is 18.1 Å². The first kappa shape index (κ1) is 16.3. The van der Waals surface area contributed by atoms with Crippen LogP contribution in [0.4, 0.5) is 21.0 Å². The van der Waals surface area contributed by atoms with Crippen LogP contribution in [0.5, 0.6) is 0 Å². The molecule has 0 radical (unpaired) electrons. The van der Waals surface area contributed by atoms with E-state index in [2.05, 4.69) is 15.4 Å². The van der Waals surface area contributed by atoms with Gasteiger partial charge in [-0.15, -0.1) is 11.3 Å². The second-order valence-corrected chi connectivity index (χ2v) is 5.44. The third kappa shape index (κ3) is 3.98. The maximum atomic E-state index is 11.9. The Hall–Kier alpha value is -3.07. The Morgan fingerprint density at radius 2 is 1.83 bits per heavy atom. The van der Waals surface area contributed by atoms with Gasteiger partial charge < -0.3 is 26.8 Å². The Morgan fingerprint density at radius 1 is 1.17 bits per heavy atom. The number of carbonyl (C=O) groups is 3. The molecule has 1 aromatic carbocycles. The molecule has 0 saturated heterocycles. The Morgan fingerprint density at radius 3 is 2.39 bits per heavy atom. The van der Waals surface area contributed by atoms with Crippen molar-refractivity contribution < 1.29 is 19.1 Å². The van der Waals surface area contributed by atoms with Crippen molar-refractivity contribution >= 4 is 40.8 Å². The second kappa shape index (κ2) is 6.79. The molecule has 6 N–H and O–H groups in total. The van der Waals surface area contributed by atoms with Crippen molar-refractivity contribution in [2.45, 2.75) is 0 Å². The van der Waals surface area contributed by atoms with Crippen LogP contribution in [0.2, 0.25) is 0 Å². The summed E-state index contributed by atoms with van der Waals surface area (Å²) in [6.45, 7) is 0. The Bertz CT molecular complexity index is 755. The van der Waals surface area contributed by atoms with Crippen LogP contribution in [-0.2, 0) is 4.74 Å². The van der Waals surface area contributed by atoms with Crippen molar-refractivity contribution in [2.24, 2.45) is 5.73 Å². The molecule has 1 aromatic heterocycles. The van der Waals surface area contributed by atoms with Crippen LogP contribution in [0, 0.1) is 0 Å². The number of amides is 3. The molecule has 0 fully saturated rings. The van der Waals surface area contributed by atoms with Crippen LogP contribution in [0.1, 0.15) is 9.67 Å². The molecule has 8 nitrogen and oxygen atoms in total. The highest BCUT2D eigenvalue weighted by Gasteiger charge is 2.21. The van der Waals surface area contributed by atoms with Gasteiger partial charge in [-0.1, -0.05) is 12.1 Å². The van der Waals surface area contributed by atoms with Gasteiger partial charge in [0, 0.05) is 17.6 Å². The fraction of sp³-hybridized carbons (Fsp3) is 0.0714. The molecule has 23 heavy (non-hydrogen) atoms. The van der Waals surface area contributed by atoms with Gasteiger partial charge in [0.05, 0.1) is 5.69 Å². The number of nitrogens with two attached hydrogens (primary N) is 2. The highest BCUT2D eigenvalue weighted by atomic mass is 32.1. The number of anilines is 2. The molecular formula is C14H14N4O4S. The van der Waals surface area contributed by atoms with E-state index in [4.69, 9.17) is 11.5 Å². The minimum absolute atomic E-state index is 0.0548. The molecule has 0 bridgehead atoms. The zero-order chi connectivity index (χ0) is 17.0. The first-order chi connectivity index (χ1) is 10.9. The lowest BCUT2D eigenvalue weighted by Crippen LogP contribution is -2.25. The van der Waals surface area contributed by atoms with Gasteiger partial charge in [-0.05, 0) is 23.8 Å². The molecule has 0 atom stereocenters. The topological polar surface area (TPSA) is 137 Å². The first-order valence-corrected chi connectivity index (χ1v) is 7.22. The average molecular weight is 334 g/mol. The fourth-order valence-corrected chi connectivity index (χ4v) is 2.74. The summed E-state index contributed by atoms with van der Waals surface area (Å²) in [6.07, 6.45) is -1.22. The molecule has 1 heterocycles. The molecule has 3 amide bonds. The van der Waals surface area contributed by atoms with E-state index in [0.29, 0.717) is 10.6 Å². The number of rotatable bonds is 3. The van der Waals surface area contributed by atoms with Gasteiger partial charge in [0.1, 0.15) is 4.88 Å². The molecule has 0 aliphatic rings. The lowest BCUT2D eigenvalue weighted by Gasteiger charge is -2.04. The van der Waals surface area contributed by atoms with E-state index in [0.717, 1.165) is 16.9 Å². The summed E-state index contributed by atoms with van der Waals surface area (Å²) in [7, 11) is 1.43. The number of benzene rings is 1. The normalized spacial score (nSPS) is 9.96. The average Bonchev–Trinajstić information content (AvgIpc) is 2.91. The standard InChI is InChI=1S/C14H14N4O4S/c1-17-14(21)18-9-6-10(7-2-4-8(15)5-3-7)23-11(9)12(19)22-13(16)20/h2-6H,15H2,1H3,(H2,16,20)(H2,17,18,21). The summed E-state index contributed by atoms with van der Waals surface area (Å²) < 4.78 is 4.38. The van der Waals surface area contributed by atoms with Crippen LogP contribution in [0.3, 0.4) is 0 Å². The summed E-state index contributed by atoms with van der Waals surface area (Å²) >= 11 is 1.06. The van der Waals surface area contributed by atoms with Crippen molar-refractivity contribution in [3.63, 3.8) is 0 Å². The SMILES string of the molecule is CNC(=O)Nc1cc(-c2ccc(N)cc2)sc1C(=O)OC(N)=O. The monoisotopic (exact) mass is 334 g/mol. The van der Waals surface area contributed by atoms with Crippen molar-refractivity contribution in [1.82, 2.24) is 5.32 Å². The molecule has 0 unspecified atom stereocenters. The van der Waals surface area contributed by atoms with Crippen LogP contribution in [-0.4, -0.2) is 25.1 Å². The summed E-state index contributed by atoms with van der Waals surface area (Å²) in [5, 5.41) is 4.87. The van der Waals surface area contributed by atoms with E-state index in [1.807, 2.05) is 0 Å². The molecule has 0 spiro atoms. The second-order valence-electron chi connectivity index (χ2n) is 4.39. The third-order valence-electron chi connectivity index (χ3n) is 2.78. The van der Waals surface area contributed by atoms with Crippen molar-refractivity contribution in [1.29, 1.82) is 0 Å². The smallest absolute Gasteiger partial charge is 0.399 e. The summed E-state index contributed by atoms with van der Waals surface area (Å²) in [5.41, 5.74) is 12.1. The molecule has 0 aliphatic carbocycles. The maximum Gasteiger partial charge on any atom is 0.412 e. The van der Waals surface area contributed by atoms with Gasteiger partial charge in [-0.2, -0.15) is 0 Å². The number of thiophene rings is 1. The molecule has 2 rings (SSSR count). The van der Waals surface area contributed by atoms with Crippen molar-refractivity contribution in [2.75, 3.05) is 18.1 Å². The number of carbonyl (C=O) groups excluding carboxylic acids is 3. The number of primary amides is 1. The number of hydrogen-bond acceptors (Lipinski definition) is 6. The third-order valence-corrected chi connectivity index (χ3v) is 3.95. The van der Waals surface area contributed by atoms with Gasteiger partial charge in [0.2, 0.25) is 0 Å². The zero-order valence-corrected chi connectivity index (χ0v) is 12.9. The molecule has 0 aliphatic heterocycles. The van der Waals surface area contributed by atoms with E-state index in [1.165, 1.54) is 7.05 Å². The van der Waals surface area contributed by atoms with Gasteiger partial charge >= 0.3 is 18.1 Å². The van der Waals surface area contributed by atoms with Crippen LogP contribution < -0.4 is 22.1 Å². The predicted octanol–water partition coefficient (Wildman–Crippen LogP) is 1.98. The minimum atomic E-state index is -1.22. The number of nitrogen functional groups attached to an aromatic ring is 1. The van der Waals surface area contributed by atoms with Crippen LogP contribution >= 0.6 is 11.3 Å². The summed E-state index contributed by atoms with van der Waals surface area (Å²) in [5.74, 6) is -0.935. The van der Waals surface area contributed by atoms with Gasteiger partial charge in [0.25, 0.3) is 0 Å². The highest BCUT2D eigenvalue weighted by Crippen LogP contribution is 2.35. The summed E-state index contributed by atoms with van der Waals surface area (Å²) in [4.78, 5) is 34.9. The Balaban J connectivity index is 2.41. The molecule has 120 valence electrons. The highest BCUT2D eigenvalue weighted by molar-refractivity contribution is 7.18. The number of hydrogen-bond donors (Lipinski definition) is 4. The van der Waals surface area contributed by atoms with Crippen molar-refractivity contribution in [3.05, 3.63) is 35.2 Å². The van der Waals surface area contributed by atoms with Crippen LogP contribution in [0.25, 0.3) is 10.4 Å². The first-order valence-electron chi connectivity index (χ1n) is 6.40. The molecular weight excluding hydrogens is 320 g/mol. The lowest BCUT2D eigenvalue weighted by atomic mass is 10.1. The minimum Gasteiger partial charge on any atom is -0.399 e. The Kier molecular flexibility index (Phi) is 4.82. The number of esters is 1. The van der Waals surface area contributed by atoms with Crippen LogP contribution in [0.15, 0.2) is 30.3 Å². The number of urea groups is 1. The number of nitrogens with one attached hydrogen (secondary N) is 2. The number of ether oxygens (including phenoxy) is 1. The van der Waals surface area contributed by atoms with Gasteiger partial charge in [-0.25, -0.2) is 14.4 Å². The predicted molar refractivity (Wildman–Crippen MR) is 87.2 cm³/mol. The largest absolute Gasteiger partial charge is 0.412 e. The molecule has 2 aromatic rings.